The first-order valence-electron chi connectivity index (χ1n) is 9.43. The van der Waals surface area contributed by atoms with E-state index in [-0.39, 0.29) is 11.5 Å². The van der Waals surface area contributed by atoms with Gasteiger partial charge in [-0.3, -0.25) is 9.52 Å². The lowest BCUT2D eigenvalue weighted by atomic mass is 10.0. The number of hydrogen-bond acceptors (Lipinski definition) is 5. The average Bonchev–Trinajstić information content (AvgIpc) is 3.18. The van der Waals surface area contributed by atoms with E-state index in [0.717, 1.165) is 11.1 Å². The van der Waals surface area contributed by atoms with Gasteiger partial charge in [-0.25, -0.2) is 17.9 Å². The molecule has 0 unspecified atom stereocenters. The highest BCUT2D eigenvalue weighted by Gasteiger charge is 2.18. The molecule has 1 N–H and O–H groups in total. The molecule has 0 aliphatic rings. The average molecular weight is 420 g/mol. The van der Waals surface area contributed by atoms with Crippen LogP contribution in [0.25, 0.3) is 16.9 Å². The highest BCUT2D eigenvalue weighted by molar-refractivity contribution is 7.92. The lowest BCUT2D eigenvalue weighted by molar-refractivity contribution is 0.104. The molecule has 0 spiro atoms. The van der Waals surface area contributed by atoms with Crippen LogP contribution in [0.15, 0.2) is 67.0 Å². The zero-order valence-electron chi connectivity index (χ0n) is 16.5. The minimum atomic E-state index is -3.38. The van der Waals surface area contributed by atoms with Gasteiger partial charge in [0, 0.05) is 23.0 Å². The Balaban J connectivity index is 1.76. The fourth-order valence-electron chi connectivity index (χ4n) is 3.12. The molecule has 4 aromatic rings. The Morgan fingerprint density at radius 2 is 1.87 bits per heavy atom. The van der Waals surface area contributed by atoms with E-state index in [2.05, 4.69) is 14.8 Å². The van der Waals surface area contributed by atoms with Gasteiger partial charge in [0.1, 0.15) is 0 Å². The van der Waals surface area contributed by atoms with Crippen LogP contribution in [0.3, 0.4) is 0 Å². The Morgan fingerprint density at radius 3 is 2.60 bits per heavy atom. The third-order valence-corrected chi connectivity index (χ3v) is 6.08. The Hall–Kier alpha value is -3.52. The minimum absolute atomic E-state index is 0.0135. The number of nitrogens with zero attached hydrogens (tertiary/aromatic N) is 3. The molecule has 0 aliphatic heterocycles. The number of nitrogens with one attached hydrogen (secondary N) is 1. The summed E-state index contributed by atoms with van der Waals surface area (Å²) in [7, 11) is -3.38. The molecule has 2 aromatic carbocycles. The van der Waals surface area contributed by atoms with Crippen molar-refractivity contribution in [3.05, 3.63) is 83.7 Å². The van der Waals surface area contributed by atoms with Gasteiger partial charge in [0.2, 0.25) is 10.0 Å². The second-order valence-electron chi connectivity index (χ2n) is 6.91. The highest BCUT2D eigenvalue weighted by atomic mass is 32.2. The summed E-state index contributed by atoms with van der Waals surface area (Å²) in [6, 6.07) is 16.1. The van der Waals surface area contributed by atoms with Gasteiger partial charge < -0.3 is 0 Å². The number of rotatable bonds is 6. The molecule has 0 amide bonds. The molecule has 0 atom stereocenters. The van der Waals surface area contributed by atoms with Crippen LogP contribution in [-0.2, 0) is 10.0 Å². The molecule has 7 nitrogen and oxygen atoms in total. The van der Waals surface area contributed by atoms with E-state index in [1.54, 1.807) is 54.0 Å². The number of hydrogen-bond donors (Lipinski definition) is 1. The van der Waals surface area contributed by atoms with Gasteiger partial charge >= 0.3 is 0 Å². The van der Waals surface area contributed by atoms with E-state index in [1.807, 2.05) is 25.1 Å². The maximum atomic E-state index is 13.0. The van der Waals surface area contributed by atoms with Gasteiger partial charge in [0.15, 0.2) is 11.4 Å². The van der Waals surface area contributed by atoms with Crippen molar-refractivity contribution in [2.75, 3.05) is 10.5 Å². The Kier molecular flexibility index (Phi) is 5.09. The maximum absolute atomic E-state index is 13.0. The van der Waals surface area contributed by atoms with Crippen LogP contribution in [0.1, 0.15) is 28.4 Å². The second kappa shape index (κ2) is 7.72. The fraction of sp³-hybridized carbons (Fsp3) is 0.136. The van der Waals surface area contributed by atoms with Crippen molar-refractivity contribution in [3.63, 3.8) is 0 Å². The van der Waals surface area contributed by atoms with Gasteiger partial charge in [0.25, 0.3) is 0 Å². The van der Waals surface area contributed by atoms with Crippen LogP contribution in [0.5, 0.6) is 0 Å². The molecule has 2 heterocycles. The smallest absolute Gasteiger partial charge is 0.232 e. The number of carbonyl (C=O) groups excluding carboxylic acids is 1. The molecule has 4 rings (SSSR count). The third kappa shape index (κ3) is 3.81. The summed E-state index contributed by atoms with van der Waals surface area (Å²) < 4.78 is 27.9. The van der Waals surface area contributed by atoms with Crippen molar-refractivity contribution in [2.45, 2.75) is 13.8 Å². The van der Waals surface area contributed by atoms with E-state index in [4.69, 9.17) is 0 Å². The number of carbonyl (C=O) groups is 1. The topological polar surface area (TPSA) is 93.4 Å². The van der Waals surface area contributed by atoms with Crippen LogP contribution in [-0.4, -0.2) is 34.6 Å². The first-order chi connectivity index (χ1) is 14.4. The zero-order valence-corrected chi connectivity index (χ0v) is 17.3. The number of fused-ring (bicyclic) bond motifs is 1. The molecular weight excluding hydrogens is 400 g/mol. The summed E-state index contributed by atoms with van der Waals surface area (Å²) in [5.74, 6) is -0.167. The summed E-state index contributed by atoms with van der Waals surface area (Å²) in [4.78, 5) is 17.3. The number of benzene rings is 2. The molecule has 0 bridgehead atoms. The number of aryl methyl sites for hydroxylation is 1. The number of ketones is 1. The number of anilines is 1. The first-order valence-corrected chi connectivity index (χ1v) is 11.1. The molecule has 0 radical (unpaired) electrons. The van der Waals surface area contributed by atoms with Crippen molar-refractivity contribution in [2.24, 2.45) is 0 Å². The molecule has 0 saturated heterocycles. The van der Waals surface area contributed by atoms with Crippen LogP contribution in [0.4, 0.5) is 5.69 Å². The largest absolute Gasteiger partial charge is 0.288 e. The summed E-state index contributed by atoms with van der Waals surface area (Å²) >= 11 is 0. The molecular formula is C22H20N4O3S. The van der Waals surface area contributed by atoms with E-state index in [1.165, 1.54) is 6.20 Å². The molecule has 2 aromatic heterocycles. The van der Waals surface area contributed by atoms with Gasteiger partial charge in [-0.05, 0) is 32.0 Å². The number of sulfonamides is 1. The molecule has 0 saturated carbocycles. The quantitative estimate of drug-likeness (QED) is 0.480. The van der Waals surface area contributed by atoms with Crippen molar-refractivity contribution in [1.82, 2.24) is 14.6 Å². The maximum Gasteiger partial charge on any atom is 0.232 e. The van der Waals surface area contributed by atoms with Gasteiger partial charge in [-0.2, -0.15) is 5.10 Å². The van der Waals surface area contributed by atoms with Gasteiger partial charge in [-0.15, -0.1) is 0 Å². The molecule has 152 valence electrons. The van der Waals surface area contributed by atoms with Gasteiger partial charge in [0.05, 0.1) is 23.2 Å². The molecule has 30 heavy (non-hydrogen) atoms. The minimum Gasteiger partial charge on any atom is -0.288 e. The van der Waals surface area contributed by atoms with E-state index < -0.39 is 10.0 Å². The Morgan fingerprint density at radius 1 is 1.10 bits per heavy atom. The van der Waals surface area contributed by atoms with Crippen LogP contribution in [0, 0.1) is 6.92 Å². The van der Waals surface area contributed by atoms with E-state index in [0.29, 0.717) is 28.2 Å². The summed E-state index contributed by atoms with van der Waals surface area (Å²) in [5.41, 5.74) is 4.39. The second-order valence-corrected chi connectivity index (χ2v) is 8.92. The van der Waals surface area contributed by atoms with E-state index in [9.17, 15) is 13.2 Å². The Bertz CT molecular complexity index is 1340. The predicted octanol–water partition coefficient (Wildman–Crippen LogP) is 3.70. The standard InChI is InChI=1S/C22H20N4O3S/c1-3-30(28,29)25-18-6-4-5-17(13-18)20-11-12-23-22-19(14-24-26(20)22)21(27)16-9-7-15(2)8-10-16/h4-14,25H,3H2,1-2H3. The summed E-state index contributed by atoms with van der Waals surface area (Å²) in [5, 5.41) is 4.37. The molecule has 0 aliphatic carbocycles. The third-order valence-electron chi connectivity index (χ3n) is 4.77. The normalized spacial score (nSPS) is 11.5. The zero-order chi connectivity index (χ0) is 21.3. The fourth-order valence-corrected chi connectivity index (χ4v) is 3.75. The van der Waals surface area contributed by atoms with Crippen LogP contribution >= 0.6 is 0 Å². The Labute approximate surface area is 174 Å². The highest BCUT2D eigenvalue weighted by Crippen LogP contribution is 2.25. The monoisotopic (exact) mass is 420 g/mol. The van der Waals surface area contributed by atoms with Crippen molar-refractivity contribution in [1.29, 1.82) is 0 Å². The SMILES string of the molecule is CCS(=O)(=O)Nc1cccc(-c2ccnc3c(C(=O)c4ccc(C)cc4)cnn23)c1. The van der Waals surface area contributed by atoms with Crippen LogP contribution < -0.4 is 4.72 Å². The predicted molar refractivity (Wildman–Crippen MR) is 116 cm³/mol. The molecule has 0 fully saturated rings. The first kappa shape index (κ1) is 19.8. The van der Waals surface area contributed by atoms with E-state index >= 15 is 0 Å². The molecule has 8 heteroatoms. The lowest BCUT2D eigenvalue weighted by Gasteiger charge is -2.09. The van der Waals surface area contributed by atoms with Crippen molar-refractivity contribution in [3.8, 4) is 11.3 Å². The number of aromatic nitrogens is 3. The van der Waals surface area contributed by atoms with Gasteiger partial charge in [-0.1, -0.05) is 42.0 Å². The van der Waals surface area contributed by atoms with Crippen molar-refractivity contribution < 1.29 is 13.2 Å². The van der Waals surface area contributed by atoms with Crippen LogP contribution in [0.2, 0.25) is 0 Å². The lowest BCUT2D eigenvalue weighted by Crippen LogP contribution is -2.14. The summed E-state index contributed by atoms with van der Waals surface area (Å²) in [6.07, 6.45) is 3.12. The van der Waals surface area contributed by atoms with Crippen molar-refractivity contribution >= 4 is 27.1 Å². The summed E-state index contributed by atoms with van der Waals surface area (Å²) in [6.45, 7) is 3.54.